The van der Waals surface area contributed by atoms with Crippen LogP contribution in [0.3, 0.4) is 0 Å². The number of fused-ring (bicyclic) bond motifs is 1. The maximum atomic E-state index is 12.8. The molecule has 6 heteroatoms. The Hall–Kier alpha value is -3.93. The van der Waals surface area contributed by atoms with E-state index in [0.717, 1.165) is 5.56 Å². The van der Waals surface area contributed by atoms with Gasteiger partial charge in [0, 0.05) is 11.3 Å². The van der Waals surface area contributed by atoms with Crippen molar-refractivity contribution in [2.75, 3.05) is 12.4 Å². The molecule has 0 bridgehead atoms. The summed E-state index contributed by atoms with van der Waals surface area (Å²) < 4.78 is 5.10. The number of ether oxygens (including phenoxy) is 1. The second kappa shape index (κ2) is 7.59. The average molecular weight is 386 g/mol. The third-order valence-electron chi connectivity index (χ3n) is 4.76. The minimum atomic E-state index is -0.395. The van der Waals surface area contributed by atoms with Gasteiger partial charge in [-0.2, -0.15) is 0 Å². The maximum Gasteiger partial charge on any atom is 0.261 e. The largest absolute Gasteiger partial charge is 0.497 e. The van der Waals surface area contributed by atoms with Crippen molar-refractivity contribution >= 4 is 23.4 Å². The molecular formula is C23H18N2O4. The molecule has 1 heterocycles. The van der Waals surface area contributed by atoms with Gasteiger partial charge in [0.25, 0.3) is 17.7 Å². The maximum absolute atomic E-state index is 12.8. The molecule has 29 heavy (non-hydrogen) atoms. The van der Waals surface area contributed by atoms with E-state index in [2.05, 4.69) is 5.32 Å². The van der Waals surface area contributed by atoms with Gasteiger partial charge in [-0.05, 0) is 48.0 Å². The summed E-state index contributed by atoms with van der Waals surface area (Å²) in [6.45, 7) is 0.195. The summed E-state index contributed by atoms with van der Waals surface area (Å²) in [5, 5.41) is 2.77. The van der Waals surface area contributed by atoms with Crippen LogP contribution in [0.2, 0.25) is 0 Å². The summed E-state index contributed by atoms with van der Waals surface area (Å²) in [5.41, 5.74) is 2.33. The smallest absolute Gasteiger partial charge is 0.261 e. The van der Waals surface area contributed by atoms with E-state index >= 15 is 0 Å². The number of hydrogen-bond acceptors (Lipinski definition) is 4. The lowest BCUT2D eigenvalue weighted by Crippen LogP contribution is -2.29. The summed E-state index contributed by atoms with van der Waals surface area (Å²) in [6.07, 6.45) is 0. The molecule has 0 aliphatic carbocycles. The van der Waals surface area contributed by atoms with Crippen LogP contribution in [0.15, 0.2) is 72.8 Å². The number of hydrogen-bond donors (Lipinski definition) is 1. The van der Waals surface area contributed by atoms with Crippen LogP contribution in [0.25, 0.3) is 0 Å². The number of nitrogens with zero attached hydrogens (tertiary/aromatic N) is 1. The van der Waals surface area contributed by atoms with Gasteiger partial charge < -0.3 is 10.1 Å². The molecule has 0 atom stereocenters. The number of anilines is 1. The Balaban J connectivity index is 1.54. The molecule has 0 unspecified atom stereocenters. The lowest BCUT2D eigenvalue weighted by Gasteiger charge is -2.13. The molecule has 144 valence electrons. The van der Waals surface area contributed by atoms with Crippen molar-refractivity contribution in [3.05, 3.63) is 95.1 Å². The zero-order valence-electron chi connectivity index (χ0n) is 15.7. The fraction of sp³-hybridized carbons (Fsp3) is 0.0870. The van der Waals surface area contributed by atoms with Gasteiger partial charge >= 0.3 is 0 Å². The summed E-state index contributed by atoms with van der Waals surface area (Å²) in [5.74, 6) is -0.424. The number of nitrogens with one attached hydrogen (secondary N) is 1. The molecule has 0 saturated carbocycles. The van der Waals surface area contributed by atoms with Crippen molar-refractivity contribution in [1.82, 2.24) is 4.90 Å². The molecule has 0 fully saturated rings. The third-order valence-corrected chi connectivity index (χ3v) is 4.76. The number of carbonyl (C=O) groups is 3. The van der Waals surface area contributed by atoms with Crippen molar-refractivity contribution < 1.29 is 19.1 Å². The molecular weight excluding hydrogens is 368 g/mol. The van der Waals surface area contributed by atoms with Gasteiger partial charge in [0.15, 0.2) is 0 Å². The lowest BCUT2D eigenvalue weighted by molar-refractivity contribution is 0.0642. The highest BCUT2D eigenvalue weighted by Gasteiger charge is 2.35. The minimum Gasteiger partial charge on any atom is -0.497 e. The van der Waals surface area contributed by atoms with Gasteiger partial charge in [0.2, 0.25) is 0 Å². The molecule has 0 aromatic heterocycles. The van der Waals surface area contributed by atoms with E-state index in [9.17, 15) is 14.4 Å². The molecule has 0 spiro atoms. The van der Waals surface area contributed by atoms with E-state index in [1.165, 1.54) is 17.0 Å². The second-order valence-corrected chi connectivity index (χ2v) is 6.63. The lowest BCUT2D eigenvalue weighted by atomic mass is 10.1. The molecule has 3 aromatic rings. The normalized spacial score (nSPS) is 12.7. The van der Waals surface area contributed by atoms with Crippen LogP contribution >= 0.6 is 0 Å². The molecule has 4 rings (SSSR count). The van der Waals surface area contributed by atoms with E-state index < -0.39 is 5.91 Å². The van der Waals surface area contributed by atoms with Crippen LogP contribution in [0.5, 0.6) is 5.75 Å². The van der Waals surface area contributed by atoms with Crippen LogP contribution in [0, 0.1) is 0 Å². The van der Waals surface area contributed by atoms with E-state index in [-0.39, 0.29) is 23.9 Å². The van der Waals surface area contributed by atoms with Crippen LogP contribution in [0.1, 0.15) is 36.6 Å². The van der Waals surface area contributed by atoms with Gasteiger partial charge in [0.1, 0.15) is 5.75 Å². The predicted octanol–water partition coefficient (Wildman–Crippen LogP) is 3.74. The Bertz CT molecular complexity index is 1090. The van der Waals surface area contributed by atoms with Gasteiger partial charge in [-0.25, -0.2) is 0 Å². The van der Waals surface area contributed by atoms with Crippen LogP contribution < -0.4 is 10.1 Å². The highest BCUT2D eigenvalue weighted by molar-refractivity contribution is 6.22. The average Bonchev–Trinajstić information content (AvgIpc) is 2.99. The standard InChI is InChI=1S/C23H18N2O4/c1-29-18-10-8-17(9-11-18)24-21(26)16-7-12-19-20(13-16)23(28)25(22(19)27)14-15-5-3-2-4-6-15/h2-13H,14H2,1H3,(H,24,26). The number of methoxy groups -OCH3 is 1. The molecule has 0 saturated heterocycles. The zero-order valence-corrected chi connectivity index (χ0v) is 15.7. The van der Waals surface area contributed by atoms with Crippen molar-refractivity contribution in [2.45, 2.75) is 6.54 Å². The number of amides is 3. The molecule has 0 radical (unpaired) electrons. The number of benzene rings is 3. The third kappa shape index (κ3) is 3.60. The highest BCUT2D eigenvalue weighted by Crippen LogP contribution is 2.26. The Labute approximate surface area is 167 Å². The topological polar surface area (TPSA) is 75.7 Å². The van der Waals surface area contributed by atoms with Crippen molar-refractivity contribution in [3.63, 3.8) is 0 Å². The fourth-order valence-corrected chi connectivity index (χ4v) is 3.22. The molecule has 3 amide bonds. The summed E-state index contributed by atoms with van der Waals surface area (Å²) in [6, 6.07) is 20.8. The van der Waals surface area contributed by atoms with E-state index in [0.29, 0.717) is 22.6 Å². The molecule has 3 aromatic carbocycles. The molecule has 1 aliphatic heterocycles. The van der Waals surface area contributed by atoms with E-state index in [4.69, 9.17) is 4.74 Å². The van der Waals surface area contributed by atoms with Crippen molar-refractivity contribution in [2.24, 2.45) is 0 Å². The van der Waals surface area contributed by atoms with E-state index in [1.54, 1.807) is 37.4 Å². The van der Waals surface area contributed by atoms with E-state index in [1.807, 2.05) is 30.3 Å². The SMILES string of the molecule is COc1ccc(NC(=O)c2ccc3c(c2)C(=O)N(Cc2ccccc2)C3=O)cc1. The summed E-state index contributed by atoms with van der Waals surface area (Å²) >= 11 is 0. The first kappa shape index (κ1) is 18.4. The molecule has 1 aliphatic rings. The predicted molar refractivity (Wildman–Crippen MR) is 108 cm³/mol. The first-order valence-electron chi connectivity index (χ1n) is 9.06. The highest BCUT2D eigenvalue weighted by atomic mass is 16.5. The number of imide groups is 1. The Morgan fingerprint density at radius 2 is 1.59 bits per heavy atom. The van der Waals surface area contributed by atoms with Crippen LogP contribution in [-0.2, 0) is 6.54 Å². The Morgan fingerprint density at radius 3 is 2.28 bits per heavy atom. The monoisotopic (exact) mass is 386 g/mol. The van der Waals surface area contributed by atoms with Crippen LogP contribution in [-0.4, -0.2) is 29.7 Å². The molecule has 6 nitrogen and oxygen atoms in total. The quantitative estimate of drug-likeness (QED) is 0.678. The first-order chi connectivity index (χ1) is 14.1. The summed E-state index contributed by atoms with van der Waals surface area (Å²) in [7, 11) is 1.57. The Kier molecular flexibility index (Phi) is 4.83. The Morgan fingerprint density at radius 1 is 0.897 bits per heavy atom. The summed E-state index contributed by atoms with van der Waals surface area (Å²) in [4.78, 5) is 39.2. The van der Waals surface area contributed by atoms with Gasteiger partial charge in [-0.15, -0.1) is 0 Å². The number of carbonyl (C=O) groups excluding carboxylic acids is 3. The van der Waals surface area contributed by atoms with Gasteiger partial charge in [-0.1, -0.05) is 30.3 Å². The second-order valence-electron chi connectivity index (χ2n) is 6.63. The van der Waals surface area contributed by atoms with Gasteiger partial charge in [0.05, 0.1) is 24.8 Å². The van der Waals surface area contributed by atoms with Crippen molar-refractivity contribution in [1.29, 1.82) is 0 Å². The van der Waals surface area contributed by atoms with Crippen LogP contribution in [0.4, 0.5) is 5.69 Å². The fourth-order valence-electron chi connectivity index (χ4n) is 3.22. The molecule has 1 N–H and O–H groups in total. The zero-order chi connectivity index (χ0) is 20.4. The first-order valence-corrected chi connectivity index (χ1v) is 9.06. The van der Waals surface area contributed by atoms with Crippen molar-refractivity contribution in [3.8, 4) is 5.75 Å². The van der Waals surface area contributed by atoms with Gasteiger partial charge in [-0.3, -0.25) is 19.3 Å². The number of rotatable bonds is 5. The minimum absolute atomic E-state index is 0.195.